The van der Waals surface area contributed by atoms with Crippen LogP contribution in [0.5, 0.6) is 5.75 Å². The summed E-state index contributed by atoms with van der Waals surface area (Å²) in [5.41, 5.74) is -2.51. The molecule has 0 spiro atoms. The Labute approximate surface area is 200 Å². The van der Waals surface area contributed by atoms with E-state index in [0.29, 0.717) is 23.8 Å². The van der Waals surface area contributed by atoms with Crippen molar-refractivity contribution in [2.45, 2.75) is 20.0 Å². The molecule has 0 fully saturated rings. The highest BCUT2D eigenvalue weighted by atomic mass is 19.3. The highest BCUT2D eigenvalue weighted by molar-refractivity contribution is 5.66. The summed E-state index contributed by atoms with van der Waals surface area (Å²) in [6, 6.07) is 8.94. The summed E-state index contributed by atoms with van der Waals surface area (Å²) in [7, 11) is 0. The van der Waals surface area contributed by atoms with E-state index in [4.69, 9.17) is 0 Å². The van der Waals surface area contributed by atoms with Gasteiger partial charge in [0.2, 0.25) is 0 Å². The molecular weight excluding hydrogens is 492 g/mol. The topological polar surface area (TPSA) is 9.23 Å². The molecule has 1 nitrogen and oxygen atoms in total. The Kier molecular flexibility index (Phi) is 6.51. The van der Waals surface area contributed by atoms with Gasteiger partial charge in [-0.1, -0.05) is 12.1 Å². The van der Waals surface area contributed by atoms with Gasteiger partial charge in [0.1, 0.15) is 46.2 Å². The average molecular weight is 508 g/mol. The number of benzene rings is 4. The Hall–Kier alpha value is -3.88. The zero-order chi connectivity index (χ0) is 26.4. The van der Waals surface area contributed by atoms with Crippen molar-refractivity contribution < 1.29 is 39.9 Å². The van der Waals surface area contributed by atoms with Gasteiger partial charge in [0.15, 0.2) is 0 Å². The fraction of sp³-hybridized carbons (Fsp3) is 0.111. The SMILES string of the molecule is Cc1ccc(-c2cc(F)c(C(F)(F)Oc3ccc(-c4cc(F)c(C)c(F)c4)c(F)c3)c(F)c2)c(F)c1. The molecule has 0 saturated heterocycles. The van der Waals surface area contributed by atoms with Crippen LogP contribution in [0.15, 0.2) is 60.7 Å². The quantitative estimate of drug-likeness (QED) is 0.245. The third-order valence-electron chi connectivity index (χ3n) is 5.55. The van der Waals surface area contributed by atoms with Gasteiger partial charge in [0.25, 0.3) is 0 Å². The Morgan fingerprint density at radius 3 is 1.53 bits per heavy atom. The minimum absolute atomic E-state index is 0.192. The molecule has 4 aromatic carbocycles. The number of hydrogen-bond donors (Lipinski definition) is 0. The molecule has 36 heavy (non-hydrogen) atoms. The standard InChI is InChI=1S/C27H16F8O/c1-13-3-5-18(22(30)7-13)16-10-24(32)26(25(33)11-16)27(34,35)36-17-4-6-19(23(31)12-17)15-8-20(28)14(2)21(29)9-15/h3-12H,1-2H3. The van der Waals surface area contributed by atoms with Crippen molar-refractivity contribution >= 4 is 0 Å². The van der Waals surface area contributed by atoms with Crippen molar-refractivity contribution in [3.63, 3.8) is 0 Å². The smallest absolute Gasteiger partial charge is 0.429 e. The van der Waals surface area contributed by atoms with E-state index in [1.807, 2.05) is 0 Å². The second-order valence-corrected chi connectivity index (χ2v) is 8.12. The van der Waals surface area contributed by atoms with Crippen LogP contribution in [0.25, 0.3) is 22.3 Å². The molecule has 0 aliphatic heterocycles. The summed E-state index contributed by atoms with van der Waals surface area (Å²) in [6.45, 7) is 2.79. The lowest BCUT2D eigenvalue weighted by Gasteiger charge is -2.20. The third kappa shape index (κ3) is 4.78. The van der Waals surface area contributed by atoms with Crippen LogP contribution in [0.3, 0.4) is 0 Å². The number of ether oxygens (including phenoxy) is 1. The molecule has 0 heterocycles. The summed E-state index contributed by atoms with van der Waals surface area (Å²) < 4.78 is 120. The zero-order valence-electron chi connectivity index (χ0n) is 18.7. The number of alkyl halides is 2. The van der Waals surface area contributed by atoms with Crippen LogP contribution in [-0.4, -0.2) is 0 Å². The minimum atomic E-state index is -4.59. The van der Waals surface area contributed by atoms with Gasteiger partial charge < -0.3 is 4.74 Å². The number of hydrogen-bond acceptors (Lipinski definition) is 1. The van der Waals surface area contributed by atoms with Gasteiger partial charge in [-0.25, -0.2) is 26.3 Å². The number of halogens is 8. The van der Waals surface area contributed by atoms with E-state index in [0.717, 1.165) is 30.3 Å². The largest absolute Gasteiger partial charge is 0.432 e. The van der Waals surface area contributed by atoms with E-state index in [9.17, 15) is 35.1 Å². The molecule has 0 radical (unpaired) electrons. The normalized spacial score (nSPS) is 11.6. The van der Waals surface area contributed by atoms with Gasteiger partial charge in [-0.3, -0.25) is 0 Å². The Morgan fingerprint density at radius 1 is 0.556 bits per heavy atom. The minimum Gasteiger partial charge on any atom is -0.429 e. The first-order valence-corrected chi connectivity index (χ1v) is 10.5. The van der Waals surface area contributed by atoms with Crippen LogP contribution >= 0.6 is 0 Å². The average Bonchev–Trinajstić information content (AvgIpc) is 2.76. The van der Waals surface area contributed by atoms with Crippen LogP contribution in [0.2, 0.25) is 0 Å². The van der Waals surface area contributed by atoms with Gasteiger partial charge in [0, 0.05) is 22.8 Å². The molecule has 4 aromatic rings. The van der Waals surface area contributed by atoms with Crippen molar-refractivity contribution in [2.75, 3.05) is 0 Å². The van der Waals surface area contributed by atoms with Gasteiger partial charge in [-0.2, -0.15) is 8.78 Å². The maximum Gasteiger partial charge on any atom is 0.432 e. The van der Waals surface area contributed by atoms with Crippen molar-refractivity contribution in [3.05, 3.63) is 112 Å². The van der Waals surface area contributed by atoms with Gasteiger partial charge >= 0.3 is 6.11 Å². The van der Waals surface area contributed by atoms with Crippen LogP contribution in [0.4, 0.5) is 35.1 Å². The lowest BCUT2D eigenvalue weighted by molar-refractivity contribution is -0.189. The summed E-state index contributed by atoms with van der Waals surface area (Å²) >= 11 is 0. The van der Waals surface area contributed by atoms with Crippen molar-refractivity contribution in [2.24, 2.45) is 0 Å². The van der Waals surface area contributed by atoms with Gasteiger partial charge in [-0.15, -0.1) is 0 Å². The molecule has 0 aliphatic carbocycles. The molecule has 0 N–H and O–H groups in total. The molecule has 0 aromatic heterocycles. The lowest BCUT2D eigenvalue weighted by atomic mass is 10.0. The van der Waals surface area contributed by atoms with Crippen LogP contribution in [0.1, 0.15) is 16.7 Å². The molecule has 0 saturated carbocycles. The van der Waals surface area contributed by atoms with Crippen LogP contribution in [0, 0.1) is 48.8 Å². The molecule has 0 atom stereocenters. The maximum atomic E-state index is 14.7. The molecule has 186 valence electrons. The van der Waals surface area contributed by atoms with E-state index in [2.05, 4.69) is 4.74 Å². The van der Waals surface area contributed by atoms with Gasteiger partial charge in [0.05, 0.1) is 0 Å². The van der Waals surface area contributed by atoms with Crippen molar-refractivity contribution in [3.8, 4) is 28.0 Å². The summed E-state index contributed by atoms with van der Waals surface area (Å²) in [6.07, 6.45) is -4.59. The second-order valence-electron chi connectivity index (χ2n) is 8.12. The first kappa shape index (κ1) is 25.2. The summed E-state index contributed by atoms with van der Waals surface area (Å²) in [5.74, 6) is -8.06. The number of rotatable bonds is 5. The highest BCUT2D eigenvalue weighted by Crippen LogP contribution is 2.38. The van der Waals surface area contributed by atoms with Crippen LogP contribution < -0.4 is 4.74 Å². The fourth-order valence-electron chi connectivity index (χ4n) is 3.65. The number of aryl methyl sites for hydroxylation is 1. The molecule has 0 bridgehead atoms. The van der Waals surface area contributed by atoms with Crippen molar-refractivity contribution in [1.82, 2.24) is 0 Å². The second kappa shape index (κ2) is 9.29. The lowest BCUT2D eigenvalue weighted by Crippen LogP contribution is -2.25. The van der Waals surface area contributed by atoms with E-state index >= 15 is 0 Å². The summed E-state index contributed by atoms with van der Waals surface area (Å²) in [4.78, 5) is 0. The van der Waals surface area contributed by atoms with E-state index < -0.39 is 52.3 Å². The molecule has 0 amide bonds. The Balaban J connectivity index is 1.65. The monoisotopic (exact) mass is 508 g/mol. The first-order valence-electron chi connectivity index (χ1n) is 10.5. The highest BCUT2D eigenvalue weighted by Gasteiger charge is 2.41. The van der Waals surface area contributed by atoms with Gasteiger partial charge in [-0.05, 0) is 73.0 Å². The maximum absolute atomic E-state index is 14.7. The Morgan fingerprint density at radius 2 is 1.03 bits per heavy atom. The molecule has 0 aliphatic rings. The molecule has 9 heteroatoms. The molecule has 4 rings (SSSR count). The zero-order valence-corrected chi connectivity index (χ0v) is 18.7. The summed E-state index contributed by atoms with van der Waals surface area (Å²) in [5, 5.41) is 0. The molecular formula is C27H16F8O. The van der Waals surface area contributed by atoms with E-state index in [1.54, 1.807) is 6.92 Å². The molecule has 0 unspecified atom stereocenters. The third-order valence-corrected chi connectivity index (χ3v) is 5.55. The van der Waals surface area contributed by atoms with E-state index in [-0.39, 0.29) is 27.8 Å². The fourth-order valence-corrected chi connectivity index (χ4v) is 3.65. The van der Waals surface area contributed by atoms with Crippen LogP contribution in [-0.2, 0) is 6.11 Å². The predicted molar refractivity (Wildman–Crippen MR) is 118 cm³/mol. The Bertz CT molecular complexity index is 1430. The predicted octanol–water partition coefficient (Wildman–Crippen LogP) is 8.60. The van der Waals surface area contributed by atoms with E-state index in [1.165, 1.54) is 19.1 Å². The first-order chi connectivity index (χ1) is 16.9. The van der Waals surface area contributed by atoms with Crippen molar-refractivity contribution in [1.29, 1.82) is 0 Å².